The van der Waals surface area contributed by atoms with Gasteiger partial charge in [0.25, 0.3) is 5.92 Å². The molecule has 0 saturated carbocycles. The van der Waals surface area contributed by atoms with Crippen molar-refractivity contribution in [2.75, 3.05) is 18.0 Å². The van der Waals surface area contributed by atoms with Crippen molar-refractivity contribution in [2.45, 2.75) is 19.3 Å². The first-order chi connectivity index (χ1) is 7.88. The van der Waals surface area contributed by atoms with Crippen molar-refractivity contribution in [3.05, 3.63) is 3.92 Å². The molecule has 0 radical (unpaired) electrons. The molecule has 94 valence electrons. The molecule has 1 fully saturated rings. The molecule has 4 nitrogen and oxygen atoms in total. The van der Waals surface area contributed by atoms with Gasteiger partial charge in [-0.2, -0.15) is 0 Å². The fraction of sp³-hybridized carbons (Fsp3) is 0.667. The second-order valence-corrected chi connectivity index (χ2v) is 6.31. The summed E-state index contributed by atoms with van der Waals surface area (Å²) in [7, 11) is 0. The van der Waals surface area contributed by atoms with Crippen LogP contribution in [0.3, 0.4) is 0 Å². The molecular formula is C9H10BrF2N3OS. The van der Waals surface area contributed by atoms with E-state index in [-0.39, 0.29) is 18.7 Å². The van der Waals surface area contributed by atoms with Gasteiger partial charge >= 0.3 is 0 Å². The van der Waals surface area contributed by atoms with Gasteiger partial charge in [0.15, 0.2) is 3.92 Å². The topological polar surface area (TPSA) is 46.1 Å². The van der Waals surface area contributed by atoms with Crippen molar-refractivity contribution in [1.29, 1.82) is 0 Å². The first-order valence-corrected chi connectivity index (χ1v) is 6.60. The first kappa shape index (κ1) is 12.8. The van der Waals surface area contributed by atoms with E-state index in [2.05, 4.69) is 26.1 Å². The summed E-state index contributed by atoms with van der Waals surface area (Å²) in [6.07, 6.45) is -0.0938. The van der Waals surface area contributed by atoms with Crippen LogP contribution in [0.5, 0.6) is 0 Å². The predicted octanol–water partition coefficient (Wildman–Crippen LogP) is 2.35. The van der Waals surface area contributed by atoms with Crippen molar-refractivity contribution in [3.8, 4) is 0 Å². The van der Waals surface area contributed by atoms with E-state index in [0.717, 1.165) is 0 Å². The van der Waals surface area contributed by atoms with Gasteiger partial charge in [0.05, 0.1) is 6.54 Å². The predicted molar refractivity (Wildman–Crippen MR) is 63.6 cm³/mol. The number of ketones is 1. The third-order valence-corrected chi connectivity index (χ3v) is 4.05. The maximum Gasteiger partial charge on any atom is 0.270 e. The van der Waals surface area contributed by atoms with Crippen molar-refractivity contribution in [2.24, 2.45) is 5.92 Å². The summed E-state index contributed by atoms with van der Waals surface area (Å²) in [5, 5.41) is 7.99. The minimum absolute atomic E-state index is 0.0938. The Bertz CT molecular complexity index is 440. The van der Waals surface area contributed by atoms with Gasteiger partial charge in [0.1, 0.15) is 5.78 Å². The third-order valence-electron chi connectivity index (χ3n) is 2.63. The summed E-state index contributed by atoms with van der Waals surface area (Å²) >= 11 is 4.35. The van der Waals surface area contributed by atoms with E-state index in [4.69, 9.17) is 0 Å². The number of Topliss-reactive ketones (excluding diaryl/α,β-unsaturated/α-hetero) is 1. The minimum Gasteiger partial charge on any atom is -0.340 e. The van der Waals surface area contributed by atoms with E-state index in [1.807, 2.05) is 0 Å². The summed E-state index contributed by atoms with van der Waals surface area (Å²) in [6, 6.07) is 0. The lowest BCUT2D eigenvalue weighted by Gasteiger charge is -2.14. The largest absolute Gasteiger partial charge is 0.340 e. The Morgan fingerprint density at radius 2 is 2.35 bits per heavy atom. The maximum atomic E-state index is 13.7. The number of anilines is 1. The summed E-state index contributed by atoms with van der Waals surface area (Å²) in [6.45, 7) is 1.08. The van der Waals surface area contributed by atoms with E-state index >= 15 is 0 Å². The standard InChI is InChI=1S/C9H10BrF2N3OS/c1-5(16)2-6-3-15(4-9(6,11)12)8-14-13-7(10)17-8/h6H,2-4H2,1H3. The molecule has 2 rings (SSSR count). The molecule has 1 aliphatic rings. The third kappa shape index (κ3) is 2.79. The van der Waals surface area contributed by atoms with Crippen LogP contribution in [-0.4, -0.2) is 35.0 Å². The van der Waals surface area contributed by atoms with Gasteiger partial charge in [-0.1, -0.05) is 11.3 Å². The normalized spacial score (nSPS) is 23.1. The first-order valence-electron chi connectivity index (χ1n) is 4.99. The lowest BCUT2D eigenvalue weighted by molar-refractivity contribution is -0.120. The van der Waals surface area contributed by atoms with Crippen molar-refractivity contribution in [1.82, 2.24) is 10.2 Å². The molecule has 1 aromatic rings. The van der Waals surface area contributed by atoms with E-state index in [9.17, 15) is 13.6 Å². The average Bonchev–Trinajstić information content (AvgIpc) is 2.71. The van der Waals surface area contributed by atoms with E-state index < -0.39 is 18.4 Å². The van der Waals surface area contributed by atoms with Crippen LogP contribution in [0.2, 0.25) is 0 Å². The summed E-state index contributed by atoms with van der Waals surface area (Å²) in [5.74, 6) is -3.98. The van der Waals surface area contributed by atoms with Crippen molar-refractivity contribution >= 4 is 38.2 Å². The highest BCUT2D eigenvalue weighted by atomic mass is 79.9. The van der Waals surface area contributed by atoms with E-state index in [1.165, 1.54) is 23.2 Å². The molecule has 0 spiro atoms. The van der Waals surface area contributed by atoms with Gasteiger partial charge in [-0.15, -0.1) is 10.2 Å². The SMILES string of the molecule is CC(=O)CC1CN(c2nnc(Br)s2)CC1(F)F. The van der Waals surface area contributed by atoms with Crippen LogP contribution in [0.1, 0.15) is 13.3 Å². The quantitative estimate of drug-likeness (QED) is 0.855. The van der Waals surface area contributed by atoms with E-state index in [1.54, 1.807) is 0 Å². The number of alkyl halides is 2. The van der Waals surface area contributed by atoms with Crippen molar-refractivity contribution in [3.63, 3.8) is 0 Å². The van der Waals surface area contributed by atoms with Gasteiger partial charge in [0.2, 0.25) is 5.13 Å². The molecular weight excluding hydrogens is 316 g/mol. The number of hydrogen-bond donors (Lipinski definition) is 0. The Morgan fingerprint density at radius 3 is 2.88 bits per heavy atom. The summed E-state index contributed by atoms with van der Waals surface area (Å²) in [4.78, 5) is 12.4. The Morgan fingerprint density at radius 1 is 1.65 bits per heavy atom. The van der Waals surface area contributed by atoms with Gasteiger partial charge < -0.3 is 9.69 Å². The highest BCUT2D eigenvalue weighted by molar-refractivity contribution is 9.11. The Labute approximate surface area is 109 Å². The Kier molecular flexibility index (Phi) is 3.44. The molecule has 2 heterocycles. The maximum absolute atomic E-state index is 13.7. The van der Waals surface area contributed by atoms with Gasteiger partial charge in [-0.05, 0) is 22.9 Å². The molecule has 0 N–H and O–H groups in total. The smallest absolute Gasteiger partial charge is 0.270 e. The Hall–Kier alpha value is -0.630. The van der Waals surface area contributed by atoms with Gasteiger partial charge in [-0.3, -0.25) is 0 Å². The monoisotopic (exact) mass is 325 g/mol. The van der Waals surface area contributed by atoms with Gasteiger partial charge in [-0.25, -0.2) is 8.78 Å². The van der Waals surface area contributed by atoms with Crippen LogP contribution in [0.15, 0.2) is 3.92 Å². The molecule has 17 heavy (non-hydrogen) atoms. The van der Waals surface area contributed by atoms with Crippen LogP contribution in [0, 0.1) is 5.92 Å². The van der Waals surface area contributed by atoms with Gasteiger partial charge in [0, 0.05) is 18.9 Å². The highest BCUT2D eigenvalue weighted by Gasteiger charge is 2.49. The summed E-state index contributed by atoms with van der Waals surface area (Å²) in [5.41, 5.74) is 0. The number of carbonyl (C=O) groups excluding carboxylic acids is 1. The van der Waals surface area contributed by atoms with Crippen LogP contribution in [-0.2, 0) is 4.79 Å². The number of rotatable bonds is 3. The van der Waals surface area contributed by atoms with Crippen molar-refractivity contribution < 1.29 is 13.6 Å². The zero-order valence-electron chi connectivity index (χ0n) is 8.99. The zero-order valence-corrected chi connectivity index (χ0v) is 11.4. The molecule has 0 bridgehead atoms. The fourth-order valence-electron chi connectivity index (χ4n) is 1.88. The molecule has 1 aliphatic heterocycles. The molecule has 8 heteroatoms. The zero-order chi connectivity index (χ0) is 12.6. The van der Waals surface area contributed by atoms with E-state index in [0.29, 0.717) is 9.05 Å². The lowest BCUT2D eigenvalue weighted by Crippen LogP contribution is -2.28. The molecule has 1 saturated heterocycles. The van der Waals surface area contributed by atoms with Crippen LogP contribution in [0.25, 0.3) is 0 Å². The molecule has 1 unspecified atom stereocenters. The number of aromatic nitrogens is 2. The number of nitrogens with zero attached hydrogens (tertiary/aromatic N) is 3. The van der Waals surface area contributed by atoms with Crippen LogP contribution in [0.4, 0.5) is 13.9 Å². The number of halogens is 3. The Balaban J connectivity index is 2.12. The highest BCUT2D eigenvalue weighted by Crippen LogP contribution is 2.39. The number of hydrogen-bond acceptors (Lipinski definition) is 5. The fourth-order valence-corrected chi connectivity index (χ4v) is 2.98. The molecule has 0 aromatic carbocycles. The molecule has 1 aromatic heterocycles. The second-order valence-electron chi connectivity index (χ2n) is 4.08. The van der Waals surface area contributed by atoms with Crippen LogP contribution >= 0.6 is 27.3 Å². The summed E-state index contributed by atoms with van der Waals surface area (Å²) < 4.78 is 27.9. The molecule has 0 aliphatic carbocycles. The minimum atomic E-state index is -2.84. The molecule has 1 atom stereocenters. The van der Waals surface area contributed by atoms with Crippen LogP contribution < -0.4 is 4.90 Å². The number of carbonyl (C=O) groups is 1. The average molecular weight is 326 g/mol. The molecule has 0 amide bonds. The second kappa shape index (κ2) is 4.56. The lowest BCUT2D eigenvalue weighted by atomic mass is 9.99.